The van der Waals surface area contributed by atoms with Crippen LogP contribution in [0.1, 0.15) is 5.56 Å². The van der Waals surface area contributed by atoms with Gasteiger partial charge in [0.25, 0.3) is 10.0 Å². The minimum absolute atomic E-state index is 0.0418. The maximum atomic E-state index is 12.9. The first kappa shape index (κ1) is 26.0. The molecule has 0 aliphatic carbocycles. The van der Waals surface area contributed by atoms with E-state index in [-0.39, 0.29) is 17.0 Å². The predicted molar refractivity (Wildman–Crippen MR) is 134 cm³/mol. The first-order chi connectivity index (χ1) is 16.7. The first-order valence-electron chi connectivity index (χ1n) is 10.3. The van der Waals surface area contributed by atoms with Crippen molar-refractivity contribution in [3.8, 4) is 23.0 Å². The fourth-order valence-corrected chi connectivity index (χ4v) is 4.51. The zero-order valence-electron chi connectivity index (χ0n) is 19.5. The van der Waals surface area contributed by atoms with Crippen molar-refractivity contribution in [2.24, 2.45) is 0 Å². The van der Waals surface area contributed by atoms with Gasteiger partial charge in [-0.1, -0.05) is 11.6 Å². The van der Waals surface area contributed by atoms with Crippen LogP contribution in [0.15, 0.2) is 59.5 Å². The van der Waals surface area contributed by atoms with Crippen LogP contribution >= 0.6 is 11.6 Å². The number of hydrogen-bond donors (Lipinski definition) is 2. The normalized spacial score (nSPS) is 10.9. The number of nitrogens with one attached hydrogen (secondary N) is 2. The third kappa shape index (κ3) is 6.28. The molecule has 0 aromatic heterocycles. The summed E-state index contributed by atoms with van der Waals surface area (Å²) in [7, 11) is 1.93. The zero-order valence-corrected chi connectivity index (χ0v) is 21.1. The van der Waals surface area contributed by atoms with E-state index >= 15 is 0 Å². The lowest BCUT2D eigenvalue weighted by Crippen LogP contribution is -2.17. The van der Waals surface area contributed by atoms with Gasteiger partial charge in [0.2, 0.25) is 11.7 Å². The lowest BCUT2D eigenvalue weighted by atomic mass is 10.1. The average molecular weight is 521 g/mol. The quantitative estimate of drug-likeness (QED) is 0.408. The number of benzene rings is 3. The van der Waals surface area contributed by atoms with Crippen molar-refractivity contribution in [1.29, 1.82) is 0 Å². The van der Waals surface area contributed by atoms with E-state index in [9.17, 15) is 13.2 Å². The zero-order chi connectivity index (χ0) is 25.6. The maximum absolute atomic E-state index is 12.9. The van der Waals surface area contributed by atoms with Gasteiger partial charge in [0.05, 0.1) is 45.4 Å². The third-order valence-electron chi connectivity index (χ3n) is 4.94. The lowest BCUT2D eigenvalue weighted by molar-refractivity contribution is -0.115. The van der Waals surface area contributed by atoms with Gasteiger partial charge in [0.15, 0.2) is 11.5 Å². The molecule has 11 heteroatoms. The largest absolute Gasteiger partial charge is 0.495 e. The van der Waals surface area contributed by atoms with Crippen LogP contribution in [0.25, 0.3) is 0 Å². The number of methoxy groups -OCH3 is 4. The van der Waals surface area contributed by atoms with E-state index in [2.05, 4.69) is 10.0 Å². The number of carbonyl (C=O) groups is 1. The van der Waals surface area contributed by atoms with Gasteiger partial charge < -0.3 is 24.3 Å². The standard InChI is InChI=1S/C24H25ClN2O7S/c1-31-20-10-9-18(35(29,30)27-17-7-5-16(25)6-8-17)14-19(20)26-23(28)13-15-11-21(32-2)24(34-4)22(12-15)33-3/h5-12,14,27H,13H2,1-4H3,(H,26,28). The Kier molecular flexibility index (Phi) is 8.31. The Bertz CT molecular complexity index is 1290. The van der Waals surface area contributed by atoms with E-state index in [0.29, 0.717) is 39.3 Å². The summed E-state index contributed by atoms with van der Waals surface area (Å²) in [6, 6.07) is 13.7. The van der Waals surface area contributed by atoms with Crippen LogP contribution in [0.5, 0.6) is 23.0 Å². The molecule has 0 heterocycles. The highest BCUT2D eigenvalue weighted by Gasteiger charge is 2.19. The summed E-state index contributed by atoms with van der Waals surface area (Å²) < 4.78 is 49.5. The Morgan fingerprint density at radius 1 is 0.829 bits per heavy atom. The van der Waals surface area contributed by atoms with Crippen LogP contribution < -0.4 is 29.0 Å². The molecule has 0 saturated heterocycles. The highest BCUT2D eigenvalue weighted by atomic mass is 35.5. The van der Waals surface area contributed by atoms with E-state index in [4.69, 9.17) is 30.5 Å². The molecule has 186 valence electrons. The molecule has 3 rings (SSSR count). The van der Waals surface area contributed by atoms with Crippen LogP contribution in [0.3, 0.4) is 0 Å². The molecule has 1 amide bonds. The molecule has 9 nitrogen and oxygen atoms in total. The number of rotatable bonds is 10. The van der Waals surface area contributed by atoms with Crippen molar-refractivity contribution in [2.75, 3.05) is 38.5 Å². The van der Waals surface area contributed by atoms with E-state index in [0.717, 1.165) is 0 Å². The van der Waals surface area contributed by atoms with Gasteiger partial charge in [-0.25, -0.2) is 8.42 Å². The number of ether oxygens (including phenoxy) is 4. The summed E-state index contributed by atoms with van der Waals surface area (Å²) in [5, 5.41) is 3.19. The number of sulfonamides is 1. The minimum Gasteiger partial charge on any atom is -0.495 e. The SMILES string of the molecule is COc1ccc(S(=O)(=O)Nc2ccc(Cl)cc2)cc1NC(=O)Cc1cc(OC)c(OC)c(OC)c1. The van der Waals surface area contributed by atoms with Crippen molar-refractivity contribution in [3.63, 3.8) is 0 Å². The molecule has 0 atom stereocenters. The predicted octanol–water partition coefficient (Wildman–Crippen LogP) is 4.36. The van der Waals surface area contributed by atoms with Gasteiger partial charge in [0.1, 0.15) is 5.75 Å². The Balaban J connectivity index is 1.84. The summed E-state index contributed by atoms with van der Waals surface area (Å²) in [5.41, 5.74) is 1.14. The highest BCUT2D eigenvalue weighted by Crippen LogP contribution is 2.38. The number of carbonyl (C=O) groups excluding carboxylic acids is 1. The van der Waals surface area contributed by atoms with Crippen molar-refractivity contribution in [1.82, 2.24) is 0 Å². The molecule has 0 spiro atoms. The second kappa shape index (κ2) is 11.2. The fourth-order valence-electron chi connectivity index (χ4n) is 3.30. The van der Waals surface area contributed by atoms with E-state index in [1.165, 1.54) is 46.6 Å². The van der Waals surface area contributed by atoms with Crippen molar-refractivity contribution in [3.05, 3.63) is 65.2 Å². The van der Waals surface area contributed by atoms with Crippen molar-refractivity contribution in [2.45, 2.75) is 11.3 Å². The topological polar surface area (TPSA) is 112 Å². The van der Waals surface area contributed by atoms with Crippen LogP contribution in [0, 0.1) is 0 Å². The second-order valence-electron chi connectivity index (χ2n) is 7.23. The summed E-state index contributed by atoms with van der Waals surface area (Å²) in [6.45, 7) is 0. The molecule has 3 aromatic rings. The molecule has 0 fully saturated rings. The average Bonchev–Trinajstić information content (AvgIpc) is 2.84. The Labute approximate surface area is 209 Å². The third-order valence-corrected chi connectivity index (χ3v) is 6.57. The molecule has 0 saturated carbocycles. The Hall–Kier alpha value is -3.63. The van der Waals surface area contributed by atoms with E-state index < -0.39 is 15.9 Å². The molecular formula is C24H25ClN2O7S. The number of anilines is 2. The number of halogens is 1. The van der Waals surface area contributed by atoms with Gasteiger partial charge in [-0.3, -0.25) is 9.52 Å². The van der Waals surface area contributed by atoms with Crippen LogP contribution in [-0.2, 0) is 21.2 Å². The Morgan fingerprint density at radius 3 is 1.97 bits per heavy atom. The highest BCUT2D eigenvalue weighted by molar-refractivity contribution is 7.92. The summed E-state index contributed by atoms with van der Waals surface area (Å²) in [6.07, 6.45) is -0.0418. The summed E-state index contributed by atoms with van der Waals surface area (Å²) in [5.74, 6) is 1.13. The van der Waals surface area contributed by atoms with Gasteiger partial charge >= 0.3 is 0 Å². The number of amides is 1. The van der Waals surface area contributed by atoms with Gasteiger partial charge in [-0.15, -0.1) is 0 Å². The lowest BCUT2D eigenvalue weighted by Gasteiger charge is -2.15. The summed E-state index contributed by atoms with van der Waals surface area (Å²) >= 11 is 5.86. The van der Waals surface area contributed by atoms with Crippen LogP contribution in [-0.4, -0.2) is 42.8 Å². The molecular weight excluding hydrogens is 496 g/mol. The second-order valence-corrected chi connectivity index (χ2v) is 9.35. The number of hydrogen-bond acceptors (Lipinski definition) is 7. The first-order valence-corrected chi connectivity index (χ1v) is 12.1. The van der Waals surface area contributed by atoms with E-state index in [1.54, 1.807) is 36.4 Å². The van der Waals surface area contributed by atoms with Crippen LogP contribution in [0.4, 0.5) is 11.4 Å². The van der Waals surface area contributed by atoms with E-state index in [1.807, 2.05) is 0 Å². The minimum atomic E-state index is -3.94. The Morgan fingerprint density at radius 2 is 1.43 bits per heavy atom. The van der Waals surface area contributed by atoms with Gasteiger partial charge in [-0.2, -0.15) is 0 Å². The molecule has 0 radical (unpaired) electrons. The molecule has 0 aliphatic heterocycles. The summed E-state index contributed by atoms with van der Waals surface area (Å²) in [4.78, 5) is 12.8. The van der Waals surface area contributed by atoms with Crippen molar-refractivity contribution >= 4 is 38.9 Å². The van der Waals surface area contributed by atoms with Crippen LogP contribution in [0.2, 0.25) is 5.02 Å². The molecule has 3 aromatic carbocycles. The fraction of sp³-hybridized carbons (Fsp3) is 0.208. The maximum Gasteiger partial charge on any atom is 0.261 e. The molecule has 35 heavy (non-hydrogen) atoms. The van der Waals surface area contributed by atoms with Gasteiger partial charge in [0, 0.05) is 10.7 Å². The van der Waals surface area contributed by atoms with Crippen molar-refractivity contribution < 1.29 is 32.2 Å². The van der Waals surface area contributed by atoms with Gasteiger partial charge in [-0.05, 0) is 60.2 Å². The molecule has 0 aliphatic rings. The monoisotopic (exact) mass is 520 g/mol. The molecule has 2 N–H and O–H groups in total. The smallest absolute Gasteiger partial charge is 0.261 e. The molecule has 0 bridgehead atoms. The molecule has 0 unspecified atom stereocenters.